The Bertz CT molecular complexity index is 878. The highest BCUT2D eigenvalue weighted by Crippen LogP contribution is 2.41. The van der Waals surface area contributed by atoms with Gasteiger partial charge in [-0.05, 0) is 32.9 Å². The Kier molecular flexibility index (Phi) is 6.17. The third-order valence-electron chi connectivity index (χ3n) is 4.93. The van der Waals surface area contributed by atoms with Crippen molar-refractivity contribution in [1.82, 2.24) is 15.3 Å². The first-order chi connectivity index (χ1) is 13.4. The zero-order valence-electron chi connectivity index (χ0n) is 16.4. The lowest BCUT2D eigenvalue weighted by Gasteiger charge is -2.29. The smallest absolute Gasteiger partial charge is 0.230 e. The summed E-state index contributed by atoms with van der Waals surface area (Å²) in [5.74, 6) is 0.362. The number of fused-ring (bicyclic) bond motifs is 3. The number of amides is 1. The van der Waals surface area contributed by atoms with E-state index < -0.39 is 0 Å². The normalized spacial score (nSPS) is 21.0. The van der Waals surface area contributed by atoms with Crippen molar-refractivity contribution in [3.05, 3.63) is 10.4 Å². The molecule has 0 bridgehead atoms. The summed E-state index contributed by atoms with van der Waals surface area (Å²) >= 11 is 4.76. The van der Waals surface area contributed by atoms with Crippen molar-refractivity contribution >= 4 is 51.0 Å². The minimum atomic E-state index is -0.154. The Balaban J connectivity index is 1.51. The SMILES string of the molecule is CSc1nc(SCC(=O)NC[C@H]2CCCO2)c2sc3c(c2n1)COC(C)(C)C3. The second-order valence-corrected chi connectivity index (χ2v) is 10.5. The van der Waals surface area contributed by atoms with Gasteiger partial charge < -0.3 is 14.8 Å². The number of thioether (sulfide) groups is 2. The van der Waals surface area contributed by atoms with E-state index in [1.54, 1.807) is 11.3 Å². The number of thiophene rings is 1. The van der Waals surface area contributed by atoms with Gasteiger partial charge in [-0.1, -0.05) is 23.5 Å². The molecule has 4 heterocycles. The molecule has 152 valence electrons. The van der Waals surface area contributed by atoms with Crippen LogP contribution in [0.25, 0.3) is 10.2 Å². The summed E-state index contributed by atoms with van der Waals surface area (Å²) in [6.45, 7) is 6.21. The molecule has 2 aliphatic rings. The van der Waals surface area contributed by atoms with Gasteiger partial charge in [0.05, 0.1) is 34.3 Å². The van der Waals surface area contributed by atoms with E-state index in [2.05, 4.69) is 24.1 Å². The first kappa shape index (κ1) is 20.4. The van der Waals surface area contributed by atoms with Crippen molar-refractivity contribution in [1.29, 1.82) is 0 Å². The Hall–Kier alpha value is -0.870. The summed E-state index contributed by atoms with van der Waals surface area (Å²) in [7, 11) is 0. The zero-order chi connectivity index (χ0) is 19.7. The minimum absolute atomic E-state index is 0.0174. The number of aromatic nitrogens is 2. The zero-order valence-corrected chi connectivity index (χ0v) is 18.8. The monoisotopic (exact) mass is 439 g/mol. The van der Waals surface area contributed by atoms with Gasteiger partial charge in [0.25, 0.3) is 0 Å². The molecule has 2 aromatic rings. The second-order valence-electron chi connectivity index (χ2n) is 7.65. The summed E-state index contributed by atoms with van der Waals surface area (Å²) in [6.07, 6.45) is 5.12. The number of nitrogens with zero attached hydrogens (tertiary/aromatic N) is 2. The van der Waals surface area contributed by atoms with Gasteiger partial charge in [-0.2, -0.15) is 0 Å². The van der Waals surface area contributed by atoms with E-state index >= 15 is 0 Å². The van der Waals surface area contributed by atoms with Crippen LogP contribution in [0.4, 0.5) is 0 Å². The predicted octanol–water partition coefficient (Wildman–Crippen LogP) is 3.65. The number of hydrogen-bond donors (Lipinski definition) is 1. The van der Waals surface area contributed by atoms with E-state index in [0.717, 1.165) is 46.3 Å². The highest BCUT2D eigenvalue weighted by Gasteiger charge is 2.30. The van der Waals surface area contributed by atoms with Crippen LogP contribution in [0.3, 0.4) is 0 Å². The molecule has 2 aromatic heterocycles. The lowest BCUT2D eigenvalue weighted by Crippen LogP contribution is -2.32. The van der Waals surface area contributed by atoms with Gasteiger partial charge in [0, 0.05) is 30.0 Å². The van der Waals surface area contributed by atoms with Gasteiger partial charge in [0.15, 0.2) is 5.16 Å². The molecule has 0 unspecified atom stereocenters. The second kappa shape index (κ2) is 8.47. The average Bonchev–Trinajstić information content (AvgIpc) is 3.30. The quantitative estimate of drug-likeness (QED) is 0.418. The van der Waals surface area contributed by atoms with Gasteiger partial charge >= 0.3 is 0 Å². The maximum absolute atomic E-state index is 12.3. The summed E-state index contributed by atoms with van der Waals surface area (Å²) in [5, 5.41) is 4.61. The largest absolute Gasteiger partial charge is 0.376 e. The Morgan fingerprint density at radius 1 is 1.39 bits per heavy atom. The molecule has 28 heavy (non-hydrogen) atoms. The van der Waals surface area contributed by atoms with Gasteiger partial charge in [0.2, 0.25) is 5.91 Å². The number of rotatable bonds is 6. The molecule has 0 spiro atoms. The van der Waals surface area contributed by atoms with Crippen molar-refractivity contribution < 1.29 is 14.3 Å². The maximum Gasteiger partial charge on any atom is 0.230 e. The van der Waals surface area contributed by atoms with Crippen molar-refractivity contribution in [3.63, 3.8) is 0 Å². The topological polar surface area (TPSA) is 73.3 Å². The first-order valence-corrected chi connectivity index (χ1v) is 12.5. The van der Waals surface area contributed by atoms with Gasteiger partial charge in [0.1, 0.15) is 5.03 Å². The molecule has 1 saturated heterocycles. The summed E-state index contributed by atoms with van der Waals surface area (Å²) in [5.41, 5.74) is 2.01. The Morgan fingerprint density at radius 3 is 3.00 bits per heavy atom. The van der Waals surface area contributed by atoms with Crippen LogP contribution in [0.2, 0.25) is 0 Å². The number of carbonyl (C=O) groups excluding carboxylic acids is 1. The van der Waals surface area contributed by atoms with Crippen LogP contribution in [0.15, 0.2) is 10.2 Å². The summed E-state index contributed by atoms with van der Waals surface area (Å²) < 4.78 is 12.6. The van der Waals surface area contributed by atoms with Gasteiger partial charge in [-0.15, -0.1) is 11.3 Å². The fraction of sp³-hybridized carbons (Fsp3) is 0.632. The van der Waals surface area contributed by atoms with E-state index in [1.165, 1.54) is 34.0 Å². The Morgan fingerprint density at radius 2 is 2.25 bits per heavy atom. The Labute approximate surface area is 177 Å². The van der Waals surface area contributed by atoms with Gasteiger partial charge in [-0.25, -0.2) is 9.97 Å². The molecule has 9 heteroatoms. The van der Waals surface area contributed by atoms with Gasteiger partial charge in [-0.3, -0.25) is 4.79 Å². The molecule has 0 aromatic carbocycles. The molecular formula is C19H25N3O3S3. The molecule has 0 radical (unpaired) electrons. The number of ether oxygens (including phenoxy) is 2. The summed E-state index contributed by atoms with van der Waals surface area (Å²) in [6, 6.07) is 0. The summed E-state index contributed by atoms with van der Waals surface area (Å²) in [4.78, 5) is 23.0. The van der Waals surface area contributed by atoms with E-state index in [9.17, 15) is 4.79 Å². The standard InChI is InChI=1S/C19H25N3O3S3/c1-19(2)7-13-12(9-25-19)15-16(28-13)17(22-18(21-15)26-3)27-10-14(23)20-8-11-5-4-6-24-11/h11H,4-10H2,1-3H3,(H,20,23)/t11-/m1/s1. The first-order valence-electron chi connectivity index (χ1n) is 9.46. The van der Waals surface area contributed by atoms with E-state index in [1.807, 2.05) is 6.26 Å². The number of carbonyl (C=O) groups is 1. The van der Waals surface area contributed by atoms with Crippen molar-refractivity contribution in [2.24, 2.45) is 0 Å². The third kappa shape index (κ3) is 4.48. The molecule has 0 saturated carbocycles. The third-order valence-corrected chi connectivity index (χ3v) is 7.81. The van der Waals surface area contributed by atoms with Crippen molar-refractivity contribution in [2.75, 3.05) is 25.2 Å². The van der Waals surface area contributed by atoms with Crippen LogP contribution in [-0.2, 0) is 27.3 Å². The maximum atomic E-state index is 12.3. The molecule has 2 aliphatic heterocycles. The van der Waals surface area contributed by atoms with Crippen LogP contribution in [0, 0.1) is 0 Å². The molecule has 0 aliphatic carbocycles. The number of nitrogens with one attached hydrogen (secondary N) is 1. The van der Waals surface area contributed by atoms with Crippen LogP contribution >= 0.6 is 34.9 Å². The van der Waals surface area contributed by atoms with E-state index in [-0.39, 0.29) is 17.6 Å². The van der Waals surface area contributed by atoms with Crippen LogP contribution in [0.5, 0.6) is 0 Å². The number of hydrogen-bond acceptors (Lipinski definition) is 8. The van der Waals surface area contributed by atoms with Crippen molar-refractivity contribution in [3.8, 4) is 0 Å². The fourth-order valence-electron chi connectivity index (χ4n) is 3.43. The molecule has 6 nitrogen and oxygen atoms in total. The van der Waals surface area contributed by atoms with Crippen LogP contribution in [0.1, 0.15) is 37.1 Å². The molecule has 1 amide bonds. The molecule has 1 fully saturated rings. The molecular weight excluding hydrogens is 414 g/mol. The highest BCUT2D eigenvalue weighted by molar-refractivity contribution is 8.00. The lowest BCUT2D eigenvalue weighted by atomic mass is 9.98. The molecule has 4 rings (SSSR count). The van der Waals surface area contributed by atoms with Crippen molar-refractivity contribution in [2.45, 2.75) is 61.6 Å². The van der Waals surface area contributed by atoms with Crippen LogP contribution in [-0.4, -0.2) is 52.7 Å². The van der Waals surface area contributed by atoms with E-state index in [0.29, 0.717) is 18.9 Å². The lowest BCUT2D eigenvalue weighted by molar-refractivity contribution is -0.119. The fourth-order valence-corrected chi connectivity index (χ4v) is 6.24. The predicted molar refractivity (Wildman–Crippen MR) is 114 cm³/mol. The average molecular weight is 440 g/mol. The molecule has 1 atom stereocenters. The van der Waals surface area contributed by atoms with E-state index in [4.69, 9.17) is 14.5 Å². The van der Waals surface area contributed by atoms with Crippen LogP contribution < -0.4 is 5.32 Å². The minimum Gasteiger partial charge on any atom is -0.376 e. The highest BCUT2D eigenvalue weighted by atomic mass is 32.2. The molecule has 1 N–H and O–H groups in total.